The lowest BCUT2D eigenvalue weighted by atomic mass is 10.0. The van der Waals surface area contributed by atoms with E-state index in [1.165, 1.54) is 0 Å². The van der Waals surface area contributed by atoms with Gasteiger partial charge in [-0.25, -0.2) is 0 Å². The van der Waals surface area contributed by atoms with Crippen LogP contribution in [0.2, 0.25) is 0 Å². The molecule has 3 rings (SSSR count). The molecule has 0 bridgehead atoms. The zero-order chi connectivity index (χ0) is 16.9. The van der Waals surface area contributed by atoms with Gasteiger partial charge in [0.1, 0.15) is 6.10 Å². The number of hydrogen-bond acceptors (Lipinski definition) is 5. The molecule has 1 amide bonds. The number of aliphatic hydroxyl groups excluding tert-OH is 2. The lowest BCUT2D eigenvalue weighted by molar-refractivity contribution is -0.142. The van der Waals surface area contributed by atoms with Crippen molar-refractivity contribution in [3.8, 4) is 0 Å². The van der Waals surface area contributed by atoms with Crippen LogP contribution in [0.3, 0.4) is 0 Å². The van der Waals surface area contributed by atoms with Crippen LogP contribution in [0.4, 0.5) is 0 Å². The van der Waals surface area contributed by atoms with Crippen molar-refractivity contribution in [1.82, 2.24) is 9.80 Å². The highest BCUT2D eigenvalue weighted by Gasteiger charge is 2.36. The molecule has 6 heteroatoms. The van der Waals surface area contributed by atoms with Crippen LogP contribution in [0, 0.1) is 0 Å². The molecule has 0 unspecified atom stereocenters. The van der Waals surface area contributed by atoms with Crippen LogP contribution in [0.25, 0.3) is 6.08 Å². The summed E-state index contributed by atoms with van der Waals surface area (Å²) in [4.78, 5) is 16.2. The maximum absolute atomic E-state index is 12.3. The molecule has 0 aliphatic carbocycles. The molecule has 1 aromatic rings. The Morgan fingerprint density at radius 1 is 1.08 bits per heavy atom. The van der Waals surface area contributed by atoms with Crippen molar-refractivity contribution in [2.75, 3.05) is 39.4 Å². The fourth-order valence-corrected chi connectivity index (χ4v) is 3.20. The van der Waals surface area contributed by atoms with Gasteiger partial charge in [-0.05, 0) is 11.6 Å². The third kappa shape index (κ3) is 4.02. The van der Waals surface area contributed by atoms with Crippen molar-refractivity contribution in [2.24, 2.45) is 0 Å². The standard InChI is InChI=1S/C18H24N2O4/c21-16-13-24-12-15(18(16)23)19-8-10-20(11-9-19)17(22)7-6-14-4-2-1-3-5-14/h1-7,15-16,18,21,23H,8-13H2/b7-6+/t15-,16-,18+/m1/s1. The highest BCUT2D eigenvalue weighted by molar-refractivity contribution is 5.91. The predicted molar refractivity (Wildman–Crippen MR) is 90.2 cm³/mol. The normalized spacial score (nSPS) is 29.1. The second-order valence-corrected chi connectivity index (χ2v) is 6.27. The van der Waals surface area contributed by atoms with Crippen molar-refractivity contribution in [2.45, 2.75) is 18.2 Å². The van der Waals surface area contributed by atoms with Gasteiger partial charge in [0, 0.05) is 32.3 Å². The first-order chi connectivity index (χ1) is 11.6. The molecular weight excluding hydrogens is 308 g/mol. The van der Waals surface area contributed by atoms with Crippen LogP contribution >= 0.6 is 0 Å². The smallest absolute Gasteiger partial charge is 0.246 e. The van der Waals surface area contributed by atoms with Crippen LogP contribution in [0.1, 0.15) is 5.56 Å². The van der Waals surface area contributed by atoms with E-state index >= 15 is 0 Å². The van der Waals surface area contributed by atoms with Crippen molar-refractivity contribution in [3.05, 3.63) is 42.0 Å². The third-order valence-electron chi connectivity index (χ3n) is 4.68. The van der Waals surface area contributed by atoms with Crippen molar-refractivity contribution < 1.29 is 19.7 Å². The first-order valence-electron chi connectivity index (χ1n) is 8.35. The molecule has 2 fully saturated rings. The van der Waals surface area contributed by atoms with Crippen LogP contribution < -0.4 is 0 Å². The van der Waals surface area contributed by atoms with Gasteiger partial charge >= 0.3 is 0 Å². The monoisotopic (exact) mass is 332 g/mol. The fraction of sp³-hybridized carbons (Fsp3) is 0.500. The molecule has 2 saturated heterocycles. The number of carbonyl (C=O) groups is 1. The first kappa shape index (κ1) is 17.1. The molecular formula is C18H24N2O4. The molecule has 1 aromatic carbocycles. The molecule has 0 radical (unpaired) electrons. The summed E-state index contributed by atoms with van der Waals surface area (Å²) in [7, 11) is 0. The summed E-state index contributed by atoms with van der Waals surface area (Å²) in [6, 6.07) is 9.53. The molecule has 2 heterocycles. The Morgan fingerprint density at radius 2 is 1.79 bits per heavy atom. The molecule has 6 nitrogen and oxygen atoms in total. The van der Waals surface area contributed by atoms with Crippen molar-refractivity contribution in [3.63, 3.8) is 0 Å². The molecule has 2 N–H and O–H groups in total. The number of amides is 1. The third-order valence-corrected chi connectivity index (χ3v) is 4.68. The number of nitrogens with zero attached hydrogens (tertiary/aromatic N) is 2. The van der Waals surface area contributed by atoms with E-state index in [0.29, 0.717) is 32.8 Å². The minimum Gasteiger partial charge on any atom is -0.389 e. The van der Waals surface area contributed by atoms with E-state index in [1.807, 2.05) is 41.3 Å². The van der Waals surface area contributed by atoms with Crippen LogP contribution in [0.15, 0.2) is 36.4 Å². The van der Waals surface area contributed by atoms with Crippen LogP contribution in [-0.4, -0.2) is 83.6 Å². The van der Waals surface area contributed by atoms with Gasteiger partial charge < -0.3 is 19.8 Å². The Hall–Kier alpha value is -1.73. The van der Waals surface area contributed by atoms with Gasteiger partial charge in [-0.1, -0.05) is 30.3 Å². The van der Waals surface area contributed by atoms with Gasteiger partial charge in [-0.3, -0.25) is 9.69 Å². The quantitative estimate of drug-likeness (QED) is 0.760. The largest absolute Gasteiger partial charge is 0.389 e. The number of aliphatic hydroxyl groups is 2. The van der Waals surface area contributed by atoms with E-state index in [-0.39, 0.29) is 18.6 Å². The average Bonchev–Trinajstić information content (AvgIpc) is 2.63. The lowest BCUT2D eigenvalue weighted by Gasteiger charge is -2.43. The average molecular weight is 332 g/mol. The highest BCUT2D eigenvalue weighted by atomic mass is 16.5. The van der Waals surface area contributed by atoms with Gasteiger partial charge in [0.2, 0.25) is 5.91 Å². The zero-order valence-electron chi connectivity index (χ0n) is 13.6. The summed E-state index contributed by atoms with van der Waals surface area (Å²) in [5.41, 5.74) is 1.00. The van der Waals surface area contributed by atoms with E-state index < -0.39 is 12.2 Å². The number of hydrogen-bond donors (Lipinski definition) is 2. The Kier molecular flexibility index (Phi) is 5.63. The van der Waals surface area contributed by atoms with Crippen molar-refractivity contribution in [1.29, 1.82) is 0 Å². The summed E-state index contributed by atoms with van der Waals surface area (Å²) < 4.78 is 5.34. The first-order valence-corrected chi connectivity index (χ1v) is 8.35. The maximum Gasteiger partial charge on any atom is 0.246 e. The second-order valence-electron chi connectivity index (χ2n) is 6.27. The lowest BCUT2D eigenvalue weighted by Crippen LogP contribution is -2.60. The Morgan fingerprint density at radius 3 is 2.50 bits per heavy atom. The zero-order valence-corrected chi connectivity index (χ0v) is 13.6. The van der Waals surface area contributed by atoms with E-state index in [4.69, 9.17) is 4.74 Å². The van der Waals surface area contributed by atoms with Crippen LogP contribution in [-0.2, 0) is 9.53 Å². The second kappa shape index (κ2) is 7.90. The summed E-state index contributed by atoms with van der Waals surface area (Å²) in [5.74, 6) is -0.000944. The maximum atomic E-state index is 12.3. The Bertz CT molecular complexity index is 570. The van der Waals surface area contributed by atoms with Gasteiger partial charge in [0.05, 0.1) is 25.4 Å². The van der Waals surface area contributed by atoms with E-state index in [0.717, 1.165) is 5.56 Å². The molecule has 0 aromatic heterocycles. The molecule has 130 valence electrons. The van der Waals surface area contributed by atoms with Gasteiger partial charge in [-0.15, -0.1) is 0 Å². The SMILES string of the molecule is O=C(/C=C/c1ccccc1)N1CCN([C@@H]2COC[C@@H](O)[C@H]2O)CC1. The minimum absolute atomic E-state index is 0.000944. The predicted octanol–water partition coefficient (Wildman–Crippen LogP) is -0.0354. The highest BCUT2D eigenvalue weighted by Crippen LogP contribution is 2.17. The number of rotatable bonds is 3. The molecule has 2 aliphatic heterocycles. The van der Waals surface area contributed by atoms with Gasteiger partial charge in [0.25, 0.3) is 0 Å². The summed E-state index contributed by atoms with van der Waals surface area (Å²) in [6.45, 7) is 3.15. The number of ether oxygens (including phenoxy) is 1. The summed E-state index contributed by atoms with van der Waals surface area (Å²) in [5, 5.41) is 19.8. The minimum atomic E-state index is -0.836. The topological polar surface area (TPSA) is 73.2 Å². The van der Waals surface area contributed by atoms with Gasteiger partial charge in [0.15, 0.2) is 0 Å². The summed E-state index contributed by atoms with van der Waals surface area (Å²) >= 11 is 0. The molecule has 0 spiro atoms. The van der Waals surface area contributed by atoms with Crippen molar-refractivity contribution >= 4 is 12.0 Å². The van der Waals surface area contributed by atoms with E-state index in [2.05, 4.69) is 4.90 Å². The molecule has 2 aliphatic rings. The van der Waals surface area contributed by atoms with Gasteiger partial charge in [-0.2, -0.15) is 0 Å². The fourth-order valence-electron chi connectivity index (χ4n) is 3.20. The molecule has 3 atom stereocenters. The number of benzene rings is 1. The van der Waals surface area contributed by atoms with E-state index in [1.54, 1.807) is 6.08 Å². The molecule has 0 saturated carbocycles. The van der Waals surface area contributed by atoms with Crippen LogP contribution in [0.5, 0.6) is 0 Å². The Balaban J connectivity index is 1.51. The molecule has 24 heavy (non-hydrogen) atoms. The Labute approximate surface area is 141 Å². The number of piperazine rings is 1. The summed E-state index contributed by atoms with van der Waals surface area (Å²) in [6.07, 6.45) is 1.80. The van der Waals surface area contributed by atoms with E-state index in [9.17, 15) is 15.0 Å². The number of carbonyl (C=O) groups excluding carboxylic acids is 1.